The van der Waals surface area contributed by atoms with Crippen LogP contribution < -0.4 is 5.32 Å². The highest BCUT2D eigenvalue weighted by Gasteiger charge is 2.23. The summed E-state index contributed by atoms with van der Waals surface area (Å²) in [7, 11) is 0. The molecule has 7 nitrogen and oxygen atoms in total. The molecule has 0 radical (unpaired) electrons. The Hall–Kier alpha value is -4.00. The third kappa shape index (κ3) is 6.76. The lowest BCUT2D eigenvalue weighted by Crippen LogP contribution is -2.45. The minimum atomic E-state index is -0.643. The Kier molecular flexibility index (Phi) is 8.73. The van der Waals surface area contributed by atoms with Gasteiger partial charge in [-0.2, -0.15) is 0 Å². The van der Waals surface area contributed by atoms with Crippen molar-refractivity contribution >= 4 is 40.4 Å². The molecule has 3 aromatic rings. The smallest absolute Gasteiger partial charge is 0.331 e. The summed E-state index contributed by atoms with van der Waals surface area (Å²) in [5.41, 5.74) is 4.30. The van der Waals surface area contributed by atoms with Crippen LogP contribution in [0.25, 0.3) is 17.0 Å². The van der Waals surface area contributed by atoms with Gasteiger partial charge in [0.25, 0.3) is 5.91 Å². The molecule has 2 aromatic carbocycles. The van der Waals surface area contributed by atoms with E-state index in [4.69, 9.17) is 4.74 Å². The molecule has 3 rings (SSSR count). The number of aromatic nitrogens is 1. The molecule has 182 valence electrons. The van der Waals surface area contributed by atoms with Gasteiger partial charge in [0.05, 0.1) is 5.52 Å². The summed E-state index contributed by atoms with van der Waals surface area (Å²) in [4.78, 5) is 43.6. The summed E-state index contributed by atoms with van der Waals surface area (Å²) in [6.45, 7) is 7.12. The van der Waals surface area contributed by atoms with E-state index in [1.165, 1.54) is 11.0 Å². The number of hydrogen-bond acceptors (Lipinski definition) is 5. The molecule has 35 heavy (non-hydrogen) atoms. The Balaban J connectivity index is 1.60. The van der Waals surface area contributed by atoms with Crippen LogP contribution in [0.2, 0.25) is 0 Å². The standard InChI is InChI=1S/C28H31N3O4/c1-5-20(3)31(17-25(32)30-24-13-6-9-19(2)21(24)4)26(33)18-35-27(34)15-14-23-11-7-10-22-12-8-16-29-28(22)23/h6-16,20H,5,17-18H2,1-4H3,(H,30,32)/b15-14+. The van der Waals surface area contributed by atoms with Crippen molar-refractivity contribution < 1.29 is 19.1 Å². The first-order chi connectivity index (χ1) is 16.8. The van der Waals surface area contributed by atoms with Gasteiger partial charge in [-0.05, 0) is 56.5 Å². The topological polar surface area (TPSA) is 88.6 Å². The zero-order valence-corrected chi connectivity index (χ0v) is 20.6. The minimum Gasteiger partial charge on any atom is -0.452 e. The van der Waals surface area contributed by atoms with Crippen molar-refractivity contribution in [2.24, 2.45) is 0 Å². The van der Waals surface area contributed by atoms with E-state index in [1.807, 2.05) is 76.2 Å². The number of carbonyl (C=O) groups is 3. The van der Waals surface area contributed by atoms with E-state index in [9.17, 15) is 14.4 Å². The van der Waals surface area contributed by atoms with E-state index in [0.29, 0.717) is 12.1 Å². The number of benzene rings is 2. The first kappa shape index (κ1) is 25.6. The largest absolute Gasteiger partial charge is 0.452 e. The Morgan fingerprint density at radius 1 is 1.09 bits per heavy atom. The fraction of sp³-hybridized carbons (Fsp3) is 0.286. The van der Waals surface area contributed by atoms with Crippen LogP contribution in [0.5, 0.6) is 0 Å². The first-order valence-electron chi connectivity index (χ1n) is 11.6. The van der Waals surface area contributed by atoms with E-state index in [0.717, 1.165) is 27.6 Å². The van der Waals surface area contributed by atoms with Gasteiger partial charge < -0.3 is 15.0 Å². The number of rotatable bonds is 9. The number of aryl methyl sites for hydroxylation is 1. The van der Waals surface area contributed by atoms with Crippen LogP contribution in [0.15, 0.2) is 60.8 Å². The maximum absolute atomic E-state index is 12.8. The fourth-order valence-corrected chi connectivity index (χ4v) is 3.63. The lowest BCUT2D eigenvalue weighted by molar-refractivity contribution is -0.150. The number of fused-ring (bicyclic) bond motifs is 1. The molecule has 0 saturated carbocycles. The normalized spacial score (nSPS) is 11.9. The van der Waals surface area contributed by atoms with Crippen LogP contribution in [0.4, 0.5) is 5.69 Å². The van der Waals surface area contributed by atoms with Crippen molar-refractivity contribution in [2.45, 2.75) is 40.2 Å². The van der Waals surface area contributed by atoms with Gasteiger partial charge >= 0.3 is 5.97 Å². The van der Waals surface area contributed by atoms with Crippen LogP contribution in [-0.2, 0) is 19.1 Å². The SMILES string of the molecule is CCC(C)N(CC(=O)Nc1cccc(C)c1C)C(=O)COC(=O)/C=C/c1cccc2cccnc12. The number of hydrogen-bond donors (Lipinski definition) is 1. The minimum absolute atomic E-state index is 0.129. The second-order valence-corrected chi connectivity index (χ2v) is 8.44. The van der Waals surface area contributed by atoms with Crippen molar-refractivity contribution in [2.75, 3.05) is 18.5 Å². The molecule has 0 aliphatic carbocycles. The van der Waals surface area contributed by atoms with Gasteiger partial charge in [-0.3, -0.25) is 14.6 Å². The molecule has 1 heterocycles. The number of ether oxygens (including phenoxy) is 1. The van der Waals surface area contributed by atoms with Crippen molar-refractivity contribution in [3.05, 3.63) is 77.5 Å². The summed E-state index contributed by atoms with van der Waals surface area (Å²) in [5.74, 6) is -1.37. The molecule has 1 unspecified atom stereocenters. The van der Waals surface area contributed by atoms with Gasteiger partial charge in [0, 0.05) is 35.0 Å². The Morgan fingerprint density at radius 2 is 1.83 bits per heavy atom. The van der Waals surface area contributed by atoms with Crippen molar-refractivity contribution in [3.8, 4) is 0 Å². The van der Waals surface area contributed by atoms with Crippen LogP contribution in [-0.4, -0.2) is 46.9 Å². The van der Waals surface area contributed by atoms with E-state index in [-0.39, 0.29) is 18.5 Å². The van der Waals surface area contributed by atoms with E-state index >= 15 is 0 Å². The van der Waals surface area contributed by atoms with Gasteiger partial charge in [0.2, 0.25) is 5.91 Å². The lowest BCUT2D eigenvalue weighted by Gasteiger charge is -2.28. The van der Waals surface area contributed by atoms with Crippen LogP contribution in [0.3, 0.4) is 0 Å². The second-order valence-electron chi connectivity index (χ2n) is 8.44. The van der Waals surface area contributed by atoms with Crippen LogP contribution in [0.1, 0.15) is 37.0 Å². The van der Waals surface area contributed by atoms with E-state index < -0.39 is 18.5 Å². The molecule has 0 fully saturated rings. The van der Waals surface area contributed by atoms with Gasteiger partial charge in [-0.15, -0.1) is 0 Å². The average Bonchev–Trinajstić information content (AvgIpc) is 2.86. The highest BCUT2D eigenvalue weighted by molar-refractivity contribution is 5.96. The molecule has 0 aliphatic heterocycles. The Labute approximate surface area is 205 Å². The van der Waals surface area contributed by atoms with Gasteiger partial charge in [0.15, 0.2) is 6.61 Å². The lowest BCUT2D eigenvalue weighted by atomic mass is 10.1. The molecule has 0 aliphatic rings. The predicted molar refractivity (Wildman–Crippen MR) is 138 cm³/mol. The number of para-hydroxylation sites is 1. The fourth-order valence-electron chi connectivity index (χ4n) is 3.63. The average molecular weight is 474 g/mol. The van der Waals surface area contributed by atoms with Crippen molar-refractivity contribution in [3.63, 3.8) is 0 Å². The molecule has 0 saturated heterocycles. The van der Waals surface area contributed by atoms with Crippen molar-refractivity contribution in [1.29, 1.82) is 0 Å². The number of nitrogens with zero attached hydrogens (tertiary/aromatic N) is 2. The van der Waals surface area contributed by atoms with Gasteiger partial charge in [0.1, 0.15) is 6.54 Å². The van der Waals surface area contributed by atoms with E-state index in [1.54, 1.807) is 12.3 Å². The summed E-state index contributed by atoms with van der Waals surface area (Å²) in [6.07, 6.45) is 5.24. The number of anilines is 1. The van der Waals surface area contributed by atoms with Crippen molar-refractivity contribution in [1.82, 2.24) is 9.88 Å². The predicted octanol–water partition coefficient (Wildman–Crippen LogP) is 4.67. The summed E-state index contributed by atoms with van der Waals surface area (Å²) < 4.78 is 5.18. The molecular formula is C28H31N3O4. The molecule has 0 spiro atoms. The summed E-state index contributed by atoms with van der Waals surface area (Å²) in [6, 6.07) is 14.9. The van der Waals surface area contributed by atoms with E-state index in [2.05, 4.69) is 10.3 Å². The number of nitrogens with one attached hydrogen (secondary N) is 1. The van der Waals surface area contributed by atoms with Gasteiger partial charge in [-0.1, -0.05) is 43.3 Å². The molecule has 7 heteroatoms. The molecular weight excluding hydrogens is 442 g/mol. The highest BCUT2D eigenvalue weighted by atomic mass is 16.5. The summed E-state index contributed by atoms with van der Waals surface area (Å²) >= 11 is 0. The Morgan fingerprint density at radius 3 is 2.60 bits per heavy atom. The quantitative estimate of drug-likeness (QED) is 0.360. The molecule has 0 bridgehead atoms. The monoisotopic (exact) mass is 473 g/mol. The maximum Gasteiger partial charge on any atom is 0.331 e. The Bertz CT molecular complexity index is 1250. The second kappa shape index (κ2) is 11.9. The zero-order valence-electron chi connectivity index (χ0n) is 20.6. The first-order valence-corrected chi connectivity index (χ1v) is 11.6. The number of carbonyl (C=O) groups excluding carboxylic acids is 3. The third-order valence-corrected chi connectivity index (χ3v) is 6.04. The molecule has 1 N–H and O–H groups in total. The zero-order chi connectivity index (χ0) is 25.4. The highest BCUT2D eigenvalue weighted by Crippen LogP contribution is 2.19. The number of esters is 1. The van der Waals surface area contributed by atoms with Gasteiger partial charge in [-0.25, -0.2) is 4.79 Å². The van der Waals surface area contributed by atoms with Crippen LogP contribution >= 0.6 is 0 Å². The number of amides is 2. The van der Waals surface area contributed by atoms with Crippen LogP contribution in [0, 0.1) is 13.8 Å². The third-order valence-electron chi connectivity index (χ3n) is 6.04. The summed E-state index contributed by atoms with van der Waals surface area (Å²) in [5, 5.41) is 3.84. The molecule has 1 aromatic heterocycles. The molecule has 1 atom stereocenters. The molecule has 2 amide bonds. The number of pyridine rings is 1. The maximum atomic E-state index is 12.8.